The van der Waals surface area contributed by atoms with Crippen molar-refractivity contribution in [2.24, 2.45) is 0 Å². The molecular formula is C22H23NO4. The molecule has 2 atom stereocenters. The van der Waals surface area contributed by atoms with E-state index in [1.54, 1.807) is 24.3 Å². The van der Waals surface area contributed by atoms with Gasteiger partial charge in [0, 0.05) is 11.1 Å². The number of hydrogen-bond donors (Lipinski definition) is 2. The molecule has 0 saturated heterocycles. The van der Waals surface area contributed by atoms with E-state index in [1.807, 2.05) is 12.1 Å². The predicted octanol–water partition coefficient (Wildman–Crippen LogP) is 3.58. The summed E-state index contributed by atoms with van der Waals surface area (Å²) in [5, 5.41) is 12.2. The number of aliphatic carboxylic acids is 1. The standard InChI is InChI=1S/C22H23NO4/c1-14(24)15-9-11-17(12-10-15)21(25)23-20(22(26)27)13-18-7-4-6-16-5-2-3-8-19(16)18/h2-3,5,8-12,18,20H,4,6-7,13H2,1H3,(H,23,25)(H,26,27). The van der Waals surface area contributed by atoms with E-state index in [4.69, 9.17) is 0 Å². The fourth-order valence-corrected chi connectivity index (χ4v) is 3.70. The van der Waals surface area contributed by atoms with Gasteiger partial charge in [0.2, 0.25) is 0 Å². The quantitative estimate of drug-likeness (QED) is 0.767. The second-order valence-electron chi connectivity index (χ2n) is 7.02. The predicted molar refractivity (Wildman–Crippen MR) is 102 cm³/mol. The molecule has 0 aromatic heterocycles. The Morgan fingerprint density at radius 3 is 2.41 bits per heavy atom. The van der Waals surface area contributed by atoms with Crippen molar-refractivity contribution in [3.63, 3.8) is 0 Å². The van der Waals surface area contributed by atoms with Crippen molar-refractivity contribution in [3.8, 4) is 0 Å². The lowest BCUT2D eigenvalue weighted by atomic mass is 9.79. The van der Waals surface area contributed by atoms with Crippen molar-refractivity contribution in [1.29, 1.82) is 0 Å². The van der Waals surface area contributed by atoms with Gasteiger partial charge in [-0.25, -0.2) is 4.79 Å². The van der Waals surface area contributed by atoms with E-state index < -0.39 is 17.9 Å². The van der Waals surface area contributed by atoms with Gasteiger partial charge in [-0.1, -0.05) is 36.4 Å². The zero-order chi connectivity index (χ0) is 19.4. The summed E-state index contributed by atoms with van der Waals surface area (Å²) < 4.78 is 0. The van der Waals surface area contributed by atoms with Gasteiger partial charge < -0.3 is 10.4 Å². The van der Waals surface area contributed by atoms with Crippen LogP contribution in [-0.2, 0) is 11.2 Å². The lowest BCUT2D eigenvalue weighted by Crippen LogP contribution is -2.42. The van der Waals surface area contributed by atoms with Crippen molar-refractivity contribution >= 4 is 17.7 Å². The van der Waals surface area contributed by atoms with Gasteiger partial charge >= 0.3 is 5.97 Å². The highest BCUT2D eigenvalue weighted by molar-refractivity contribution is 5.99. The summed E-state index contributed by atoms with van der Waals surface area (Å²) in [5.41, 5.74) is 3.31. The highest BCUT2D eigenvalue weighted by Crippen LogP contribution is 2.34. The Bertz CT molecular complexity index is 857. The van der Waals surface area contributed by atoms with Crippen LogP contribution < -0.4 is 5.32 Å². The molecular weight excluding hydrogens is 342 g/mol. The highest BCUT2D eigenvalue weighted by Gasteiger charge is 2.28. The first-order valence-corrected chi connectivity index (χ1v) is 9.18. The summed E-state index contributed by atoms with van der Waals surface area (Å²) in [6.07, 6.45) is 3.32. The third-order valence-electron chi connectivity index (χ3n) is 5.17. The molecule has 140 valence electrons. The number of benzene rings is 2. The minimum absolute atomic E-state index is 0.0821. The first-order chi connectivity index (χ1) is 13.0. The number of nitrogens with one attached hydrogen (secondary N) is 1. The second-order valence-corrected chi connectivity index (χ2v) is 7.02. The SMILES string of the molecule is CC(=O)c1ccc(C(=O)NC(CC2CCCc3ccccc32)C(=O)O)cc1. The van der Waals surface area contributed by atoms with E-state index >= 15 is 0 Å². The van der Waals surface area contributed by atoms with Gasteiger partial charge in [0.05, 0.1) is 0 Å². The number of carboxylic acid groups (broad SMARTS) is 1. The van der Waals surface area contributed by atoms with Gasteiger partial charge in [0.25, 0.3) is 5.91 Å². The number of ketones is 1. The smallest absolute Gasteiger partial charge is 0.326 e. The van der Waals surface area contributed by atoms with Crippen LogP contribution in [0.4, 0.5) is 0 Å². The number of aryl methyl sites for hydroxylation is 1. The zero-order valence-electron chi connectivity index (χ0n) is 15.3. The molecule has 1 amide bonds. The van der Waals surface area contributed by atoms with Crippen LogP contribution in [0.5, 0.6) is 0 Å². The van der Waals surface area contributed by atoms with Crippen LogP contribution in [0.3, 0.4) is 0 Å². The minimum Gasteiger partial charge on any atom is -0.480 e. The zero-order valence-corrected chi connectivity index (χ0v) is 15.3. The van der Waals surface area contributed by atoms with E-state index in [0.717, 1.165) is 19.3 Å². The number of carbonyl (C=O) groups is 3. The fourth-order valence-electron chi connectivity index (χ4n) is 3.70. The van der Waals surface area contributed by atoms with Crippen molar-refractivity contribution < 1.29 is 19.5 Å². The largest absolute Gasteiger partial charge is 0.480 e. The monoisotopic (exact) mass is 365 g/mol. The molecule has 2 N–H and O–H groups in total. The van der Waals surface area contributed by atoms with Gasteiger partial charge in [-0.05, 0) is 61.8 Å². The Hall–Kier alpha value is -2.95. The maximum Gasteiger partial charge on any atom is 0.326 e. The minimum atomic E-state index is -1.04. The first kappa shape index (κ1) is 18.8. The number of hydrogen-bond acceptors (Lipinski definition) is 3. The van der Waals surface area contributed by atoms with E-state index in [1.165, 1.54) is 18.1 Å². The topological polar surface area (TPSA) is 83.5 Å². The fraction of sp³-hybridized carbons (Fsp3) is 0.318. The number of rotatable bonds is 6. The molecule has 2 aromatic rings. The van der Waals surface area contributed by atoms with Crippen LogP contribution in [0.1, 0.15) is 63.9 Å². The molecule has 0 spiro atoms. The average Bonchev–Trinajstić information content (AvgIpc) is 2.67. The Balaban J connectivity index is 1.72. The number of carbonyl (C=O) groups excluding carboxylic acids is 2. The van der Waals surface area contributed by atoms with Crippen LogP contribution in [0.15, 0.2) is 48.5 Å². The maximum atomic E-state index is 12.5. The summed E-state index contributed by atoms with van der Waals surface area (Å²) in [6, 6.07) is 13.4. The van der Waals surface area contributed by atoms with Gasteiger partial charge in [0.15, 0.2) is 5.78 Å². The summed E-state index contributed by atoms with van der Waals surface area (Å²) in [5.74, 6) is -1.44. The maximum absolute atomic E-state index is 12.5. The van der Waals surface area contributed by atoms with Crippen LogP contribution in [-0.4, -0.2) is 28.8 Å². The van der Waals surface area contributed by atoms with Gasteiger partial charge in [0.1, 0.15) is 6.04 Å². The molecule has 1 aliphatic carbocycles. The van der Waals surface area contributed by atoms with Gasteiger partial charge in [-0.15, -0.1) is 0 Å². The Morgan fingerprint density at radius 2 is 1.74 bits per heavy atom. The number of fused-ring (bicyclic) bond motifs is 1. The van der Waals surface area contributed by atoms with Gasteiger partial charge in [-0.3, -0.25) is 9.59 Å². The molecule has 0 fully saturated rings. The Morgan fingerprint density at radius 1 is 1.07 bits per heavy atom. The van der Waals surface area contributed by atoms with Crippen molar-refractivity contribution in [3.05, 3.63) is 70.8 Å². The van der Waals surface area contributed by atoms with Crippen molar-refractivity contribution in [1.82, 2.24) is 5.32 Å². The summed E-state index contributed by atoms with van der Waals surface area (Å²) in [4.78, 5) is 35.5. The van der Waals surface area contributed by atoms with E-state index in [0.29, 0.717) is 17.5 Å². The molecule has 27 heavy (non-hydrogen) atoms. The molecule has 2 aromatic carbocycles. The molecule has 0 heterocycles. The number of Topliss-reactive ketones (excluding diaryl/α,β-unsaturated/α-hetero) is 1. The molecule has 0 bridgehead atoms. The van der Waals surface area contributed by atoms with E-state index in [9.17, 15) is 19.5 Å². The second kappa shape index (κ2) is 8.16. The Kier molecular flexibility index (Phi) is 5.69. The van der Waals surface area contributed by atoms with Crippen LogP contribution in [0, 0.1) is 0 Å². The lowest BCUT2D eigenvalue weighted by molar-refractivity contribution is -0.139. The lowest BCUT2D eigenvalue weighted by Gasteiger charge is -2.28. The first-order valence-electron chi connectivity index (χ1n) is 9.18. The highest BCUT2D eigenvalue weighted by atomic mass is 16.4. The molecule has 2 unspecified atom stereocenters. The molecule has 3 rings (SSSR count). The third-order valence-corrected chi connectivity index (χ3v) is 5.17. The van der Waals surface area contributed by atoms with Crippen LogP contribution in [0.2, 0.25) is 0 Å². The molecule has 1 aliphatic rings. The van der Waals surface area contributed by atoms with Crippen LogP contribution in [0.25, 0.3) is 0 Å². The molecule has 0 aliphatic heterocycles. The van der Waals surface area contributed by atoms with Crippen molar-refractivity contribution in [2.45, 2.75) is 44.6 Å². The van der Waals surface area contributed by atoms with Crippen molar-refractivity contribution in [2.75, 3.05) is 0 Å². The average molecular weight is 365 g/mol. The van der Waals surface area contributed by atoms with Gasteiger partial charge in [-0.2, -0.15) is 0 Å². The third kappa shape index (κ3) is 4.42. The molecule has 5 heteroatoms. The molecule has 0 saturated carbocycles. The summed E-state index contributed by atoms with van der Waals surface area (Å²) in [7, 11) is 0. The van der Waals surface area contributed by atoms with E-state index in [-0.39, 0.29) is 11.7 Å². The Labute approximate surface area is 158 Å². The van der Waals surface area contributed by atoms with Crippen LogP contribution >= 0.6 is 0 Å². The number of amides is 1. The summed E-state index contributed by atoms with van der Waals surface area (Å²) >= 11 is 0. The molecule has 5 nitrogen and oxygen atoms in total. The summed E-state index contributed by atoms with van der Waals surface area (Å²) in [6.45, 7) is 1.46. The number of carboxylic acids is 1. The molecule has 0 radical (unpaired) electrons. The van der Waals surface area contributed by atoms with E-state index in [2.05, 4.69) is 17.4 Å². The normalized spacial score (nSPS) is 16.9.